The Labute approximate surface area is 110 Å². The van der Waals surface area contributed by atoms with Crippen molar-refractivity contribution in [1.29, 1.82) is 0 Å². The predicted octanol–water partition coefficient (Wildman–Crippen LogP) is 2.24. The van der Waals surface area contributed by atoms with E-state index in [9.17, 15) is 9.90 Å². The molecule has 5 heteroatoms. The van der Waals surface area contributed by atoms with Gasteiger partial charge in [0.1, 0.15) is 11.5 Å². The predicted molar refractivity (Wildman–Crippen MR) is 73.5 cm³/mol. The molecule has 0 saturated carbocycles. The molecule has 0 atom stereocenters. The molecular weight excluding hydrogens is 244 g/mol. The number of methoxy groups -OCH3 is 1. The van der Waals surface area contributed by atoms with Gasteiger partial charge in [-0.1, -0.05) is 6.07 Å². The number of anilines is 2. The van der Waals surface area contributed by atoms with Crippen molar-refractivity contribution in [1.82, 2.24) is 0 Å². The summed E-state index contributed by atoms with van der Waals surface area (Å²) in [4.78, 5) is 12.0. The summed E-state index contributed by atoms with van der Waals surface area (Å²) >= 11 is 0. The standard InChI is InChI=1S/C14H14N2O3/c1-19-11-4-2-3-9(7-11)16-14(18)12-8-10(17)5-6-13(12)15/h2-8,17H,15H2,1H3,(H,16,18). The second-order valence-electron chi connectivity index (χ2n) is 3.96. The first-order chi connectivity index (χ1) is 9.10. The summed E-state index contributed by atoms with van der Waals surface area (Å²) in [5.74, 6) is 0.244. The molecule has 0 heterocycles. The van der Waals surface area contributed by atoms with Crippen LogP contribution in [0.5, 0.6) is 11.5 Å². The van der Waals surface area contributed by atoms with Gasteiger partial charge in [-0.25, -0.2) is 0 Å². The Hall–Kier alpha value is -2.69. The molecule has 0 aromatic heterocycles. The fourth-order valence-electron chi connectivity index (χ4n) is 1.64. The van der Waals surface area contributed by atoms with E-state index < -0.39 is 0 Å². The normalized spacial score (nSPS) is 9.95. The van der Waals surface area contributed by atoms with Crippen molar-refractivity contribution in [3.8, 4) is 11.5 Å². The number of amides is 1. The van der Waals surface area contributed by atoms with Crippen molar-refractivity contribution in [3.63, 3.8) is 0 Å². The minimum absolute atomic E-state index is 0.00927. The van der Waals surface area contributed by atoms with Gasteiger partial charge in [0, 0.05) is 17.4 Å². The fourth-order valence-corrected chi connectivity index (χ4v) is 1.64. The van der Waals surface area contributed by atoms with Crippen LogP contribution >= 0.6 is 0 Å². The van der Waals surface area contributed by atoms with E-state index in [-0.39, 0.29) is 17.2 Å². The molecular formula is C14H14N2O3. The van der Waals surface area contributed by atoms with Crippen LogP contribution in [0, 0.1) is 0 Å². The maximum absolute atomic E-state index is 12.0. The van der Waals surface area contributed by atoms with Gasteiger partial charge in [-0.05, 0) is 30.3 Å². The van der Waals surface area contributed by atoms with E-state index in [1.165, 1.54) is 18.2 Å². The molecule has 0 aliphatic heterocycles. The van der Waals surface area contributed by atoms with Crippen LogP contribution in [-0.4, -0.2) is 18.1 Å². The number of hydrogen-bond acceptors (Lipinski definition) is 4. The summed E-state index contributed by atoms with van der Waals surface area (Å²) in [5, 5.41) is 12.1. The van der Waals surface area contributed by atoms with Gasteiger partial charge in [0.05, 0.1) is 12.7 Å². The highest BCUT2D eigenvalue weighted by atomic mass is 16.5. The van der Waals surface area contributed by atoms with E-state index in [1.54, 1.807) is 31.4 Å². The third-order valence-corrected chi connectivity index (χ3v) is 2.61. The first-order valence-corrected chi connectivity index (χ1v) is 5.64. The van der Waals surface area contributed by atoms with Crippen LogP contribution in [0.4, 0.5) is 11.4 Å². The maximum Gasteiger partial charge on any atom is 0.257 e. The maximum atomic E-state index is 12.0. The van der Waals surface area contributed by atoms with Gasteiger partial charge in [0.15, 0.2) is 0 Å². The van der Waals surface area contributed by atoms with Crippen LogP contribution in [-0.2, 0) is 0 Å². The Morgan fingerprint density at radius 2 is 2.05 bits per heavy atom. The summed E-state index contributed by atoms with van der Waals surface area (Å²) in [7, 11) is 1.55. The number of nitrogen functional groups attached to an aromatic ring is 1. The van der Waals surface area contributed by atoms with Gasteiger partial charge in [-0.2, -0.15) is 0 Å². The van der Waals surface area contributed by atoms with Crippen molar-refractivity contribution in [3.05, 3.63) is 48.0 Å². The van der Waals surface area contributed by atoms with E-state index in [0.717, 1.165) is 0 Å². The lowest BCUT2D eigenvalue weighted by Crippen LogP contribution is -2.13. The Balaban J connectivity index is 2.23. The molecule has 0 radical (unpaired) electrons. The molecule has 0 saturated heterocycles. The second kappa shape index (κ2) is 5.30. The van der Waals surface area contributed by atoms with Gasteiger partial charge >= 0.3 is 0 Å². The van der Waals surface area contributed by atoms with Crippen molar-refractivity contribution < 1.29 is 14.6 Å². The Morgan fingerprint density at radius 1 is 1.26 bits per heavy atom. The molecule has 5 nitrogen and oxygen atoms in total. The SMILES string of the molecule is COc1cccc(NC(=O)c2cc(O)ccc2N)c1. The minimum Gasteiger partial charge on any atom is -0.508 e. The number of phenols is 1. The van der Waals surface area contributed by atoms with Crippen LogP contribution in [0.15, 0.2) is 42.5 Å². The summed E-state index contributed by atoms with van der Waals surface area (Å²) in [6, 6.07) is 11.2. The molecule has 0 aliphatic carbocycles. The second-order valence-corrected chi connectivity index (χ2v) is 3.96. The molecule has 1 amide bonds. The number of nitrogens with two attached hydrogens (primary N) is 1. The summed E-state index contributed by atoms with van der Waals surface area (Å²) < 4.78 is 5.07. The molecule has 0 aliphatic rings. The van der Waals surface area contributed by atoms with Crippen LogP contribution in [0.3, 0.4) is 0 Å². The lowest BCUT2D eigenvalue weighted by Gasteiger charge is -2.09. The highest BCUT2D eigenvalue weighted by molar-refractivity contribution is 6.08. The number of ether oxygens (including phenoxy) is 1. The largest absolute Gasteiger partial charge is 0.508 e. The lowest BCUT2D eigenvalue weighted by molar-refractivity contribution is 0.102. The lowest BCUT2D eigenvalue weighted by atomic mass is 10.1. The molecule has 0 bridgehead atoms. The topological polar surface area (TPSA) is 84.6 Å². The van der Waals surface area contributed by atoms with E-state index in [0.29, 0.717) is 17.1 Å². The number of aromatic hydroxyl groups is 1. The number of hydrogen-bond donors (Lipinski definition) is 3. The molecule has 2 aromatic carbocycles. The van der Waals surface area contributed by atoms with E-state index >= 15 is 0 Å². The van der Waals surface area contributed by atoms with Crippen LogP contribution < -0.4 is 15.8 Å². The molecule has 19 heavy (non-hydrogen) atoms. The summed E-state index contributed by atoms with van der Waals surface area (Å²) in [6.07, 6.45) is 0. The highest BCUT2D eigenvalue weighted by Gasteiger charge is 2.11. The van der Waals surface area contributed by atoms with E-state index in [2.05, 4.69) is 5.32 Å². The van der Waals surface area contributed by atoms with Crippen molar-refractivity contribution in [2.24, 2.45) is 0 Å². The minimum atomic E-state index is -0.387. The van der Waals surface area contributed by atoms with Gasteiger partial charge in [-0.3, -0.25) is 4.79 Å². The zero-order chi connectivity index (χ0) is 13.8. The Morgan fingerprint density at radius 3 is 2.79 bits per heavy atom. The monoisotopic (exact) mass is 258 g/mol. The van der Waals surface area contributed by atoms with Gasteiger partial charge in [0.25, 0.3) is 5.91 Å². The van der Waals surface area contributed by atoms with Gasteiger partial charge < -0.3 is 20.9 Å². The molecule has 0 spiro atoms. The zero-order valence-corrected chi connectivity index (χ0v) is 10.4. The third kappa shape index (κ3) is 2.95. The molecule has 0 unspecified atom stereocenters. The fraction of sp³-hybridized carbons (Fsp3) is 0.0714. The van der Waals surface area contributed by atoms with E-state index in [4.69, 9.17) is 10.5 Å². The van der Waals surface area contributed by atoms with Crippen LogP contribution in [0.1, 0.15) is 10.4 Å². The molecule has 0 fully saturated rings. The third-order valence-electron chi connectivity index (χ3n) is 2.61. The average Bonchev–Trinajstić information content (AvgIpc) is 2.41. The first-order valence-electron chi connectivity index (χ1n) is 5.64. The quantitative estimate of drug-likeness (QED) is 0.582. The van der Waals surface area contributed by atoms with Gasteiger partial charge in [-0.15, -0.1) is 0 Å². The van der Waals surface area contributed by atoms with Crippen LogP contribution in [0.2, 0.25) is 0 Å². The number of carbonyl (C=O) groups is 1. The Kier molecular flexibility index (Phi) is 3.56. The molecule has 98 valence electrons. The summed E-state index contributed by atoms with van der Waals surface area (Å²) in [6.45, 7) is 0. The highest BCUT2D eigenvalue weighted by Crippen LogP contribution is 2.21. The summed E-state index contributed by atoms with van der Waals surface area (Å²) in [5.41, 5.74) is 6.82. The smallest absolute Gasteiger partial charge is 0.257 e. The average molecular weight is 258 g/mol. The van der Waals surface area contributed by atoms with Crippen molar-refractivity contribution in [2.45, 2.75) is 0 Å². The number of phenolic OH excluding ortho intramolecular Hbond substituents is 1. The first kappa shape index (κ1) is 12.8. The number of benzene rings is 2. The number of rotatable bonds is 3. The van der Waals surface area contributed by atoms with E-state index in [1.807, 2.05) is 0 Å². The molecule has 4 N–H and O–H groups in total. The zero-order valence-electron chi connectivity index (χ0n) is 10.4. The Bertz CT molecular complexity index is 611. The van der Waals surface area contributed by atoms with Crippen LogP contribution in [0.25, 0.3) is 0 Å². The molecule has 2 rings (SSSR count). The van der Waals surface area contributed by atoms with Crippen molar-refractivity contribution in [2.75, 3.05) is 18.2 Å². The molecule has 2 aromatic rings. The van der Waals surface area contributed by atoms with Crippen molar-refractivity contribution >= 4 is 17.3 Å². The number of nitrogens with one attached hydrogen (secondary N) is 1. The number of carbonyl (C=O) groups excluding carboxylic acids is 1. The van der Waals surface area contributed by atoms with Gasteiger partial charge in [0.2, 0.25) is 0 Å².